The molecule has 4 rings (SSSR count). The van der Waals surface area contributed by atoms with E-state index in [2.05, 4.69) is 20.5 Å². The molecule has 168 valence electrons. The summed E-state index contributed by atoms with van der Waals surface area (Å²) in [7, 11) is 1.64. The molecule has 2 heterocycles. The van der Waals surface area contributed by atoms with Gasteiger partial charge in [0.15, 0.2) is 0 Å². The van der Waals surface area contributed by atoms with Crippen LogP contribution in [0.25, 0.3) is 21.1 Å². The molecule has 0 saturated heterocycles. The second kappa shape index (κ2) is 10.5. The lowest BCUT2D eigenvalue weighted by Gasteiger charge is -2.05. The first-order valence-electron chi connectivity index (χ1n) is 10.1. The molecule has 0 aliphatic rings. The highest BCUT2D eigenvalue weighted by atomic mass is 32.2. The van der Waals surface area contributed by atoms with Gasteiger partial charge < -0.3 is 10.1 Å². The zero-order chi connectivity index (χ0) is 23.2. The Bertz CT molecular complexity index is 1240. The number of ether oxygens (including phenoxy) is 1. The molecule has 0 aliphatic heterocycles. The predicted octanol–water partition coefficient (Wildman–Crippen LogP) is 5.13. The lowest BCUT2D eigenvalue weighted by atomic mass is 10.2. The van der Waals surface area contributed by atoms with Gasteiger partial charge in [-0.25, -0.2) is 9.37 Å². The van der Waals surface area contributed by atoms with Gasteiger partial charge in [-0.15, -0.1) is 21.5 Å². The van der Waals surface area contributed by atoms with Gasteiger partial charge in [0.2, 0.25) is 5.91 Å². The lowest BCUT2D eigenvalue weighted by molar-refractivity contribution is -0.118. The van der Waals surface area contributed by atoms with Crippen molar-refractivity contribution in [2.75, 3.05) is 12.9 Å². The average molecular weight is 481 g/mol. The van der Waals surface area contributed by atoms with Crippen molar-refractivity contribution in [3.63, 3.8) is 0 Å². The number of aromatic nitrogens is 3. The highest BCUT2D eigenvalue weighted by Gasteiger charge is 2.16. The van der Waals surface area contributed by atoms with Gasteiger partial charge in [-0.3, -0.25) is 4.79 Å². The minimum Gasteiger partial charge on any atom is -0.496 e. The SMILES string of the molecule is COc1ccccc1-c1nc(C)c(-c2ccc(SCC(=O)NCc3ccc(F)cc3)nn2)s1. The third-order valence-corrected chi connectivity index (χ3v) is 6.89. The Morgan fingerprint density at radius 3 is 2.61 bits per heavy atom. The van der Waals surface area contributed by atoms with Crippen molar-refractivity contribution in [1.82, 2.24) is 20.5 Å². The number of methoxy groups -OCH3 is 1. The van der Waals surface area contributed by atoms with Gasteiger partial charge in [-0.1, -0.05) is 36.0 Å². The van der Waals surface area contributed by atoms with Gasteiger partial charge >= 0.3 is 0 Å². The zero-order valence-corrected chi connectivity index (χ0v) is 19.7. The normalized spacial score (nSPS) is 10.8. The Kier molecular flexibility index (Phi) is 7.31. The molecule has 9 heteroatoms. The molecule has 0 saturated carbocycles. The summed E-state index contributed by atoms with van der Waals surface area (Å²) < 4.78 is 18.4. The summed E-state index contributed by atoms with van der Waals surface area (Å²) in [5.41, 5.74) is 3.38. The Morgan fingerprint density at radius 2 is 1.88 bits per heavy atom. The summed E-state index contributed by atoms with van der Waals surface area (Å²) in [6.07, 6.45) is 0. The molecule has 2 aromatic carbocycles. The fraction of sp³-hybridized carbons (Fsp3) is 0.167. The van der Waals surface area contributed by atoms with Gasteiger partial charge in [-0.05, 0) is 48.9 Å². The van der Waals surface area contributed by atoms with Crippen molar-refractivity contribution in [2.24, 2.45) is 0 Å². The molecule has 0 unspecified atom stereocenters. The van der Waals surface area contributed by atoms with Crippen LogP contribution in [0.4, 0.5) is 4.39 Å². The lowest BCUT2D eigenvalue weighted by Crippen LogP contribution is -2.24. The van der Waals surface area contributed by atoms with Crippen LogP contribution in [0.5, 0.6) is 5.75 Å². The summed E-state index contributed by atoms with van der Waals surface area (Å²) in [5.74, 6) is 0.558. The third-order valence-electron chi connectivity index (χ3n) is 4.76. The summed E-state index contributed by atoms with van der Waals surface area (Å²) >= 11 is 2.84. The van der Waals surface area contributed by atoms with Crippen LogP contribution in [0.3, 0.4) is 0 Å². The van der Waals surface area contributed by atoms with E-state index in [1.165, 1.54) is 35.2 Å². The van der Waals surface area contributed by atoms with Crippen LogP contribution >= 0.6 is 23.1 Å². The molecule has 0 fully saturated rings. The minimum absolute atomic E-state index is 0.130. The number of thiazole rings is 1. The second-order valence-electron chi connectivity index (χ2n) is 7.08. The number of halogens is 1. The molecule has 0 spiro atoms. The maximum absolute atomic E-state index is 13.0. The van der Waals surface area contributed by atoms with Crippen LogP contribution in [0.1, 0.15) is 11.3 Å². The van der Waals surface area contributed by atoms with E-state index in [-0.39, 0.29) is 17.5 Å². The summed E-state index contributed by atoms with van der Waals surface area (Å²) in [6.45, 7) is 2.30. The third kappa shape index (κ3) is 5.74. The van der Waals surface area contributed by atoms with Crippen molar-refractivity contribution in [1.29, 1.82) is 0 Å². The Morgan fingerprint density at radius 1 is 1.09 bits per heavy atom. The van der Waals surface area contributed by atoms with Crippen molar-refractivity contribution >= 4 is 29.0 Å². The van der Waals surface area contributed by atoms with Gasteiger partial charge in [0.05, 0.1) is 29.0 Å². The molecule has 2 aromatic heterocycles. The van der Waals surface area contributed by atoms with Gasteiger partial charge in [0, 0.05) is 6.54 Å². The van der Waals surface area contributed by atoms with E-state index in [4.69, 9.17) is 4.74 Å². The largest absolute Gasteiger partial charge is 0.496 e. The van der Waals surface area contributed by atoms with Crippen molar-refractivity contribution in [3.05, 3.63) is 77.7 Å². The first-order chi connectivity index (χ1) is 16.0. The van der Waals surface area contributed by atoms with Gasteiger partial charge in [0.1, 0.15) is 27.3 Å². The smallest absolute Gasteiger partial charge is 0.230 e. The standard InChI is InChI=1S/C24H21FN4O2S2/c1-15-23(33-24(27-15)18-5-3-4-6-20(18)31-2)19-11-12-22(29-28-19)32-14-21(30)26-13-16-7-9-17(25)10-8-16/h3-12H,13-14H2,1-2H3,(H,26,30). The first kappa shape index (κ1) is 22.9. The Hall–Kier alpha value is -3.30. The number of aryl methyl sites for hydroxylation is 1. The summed E-state index contributed by atoms with van der Waals surface area (Å²) in [6, 6.07) is 17.5. The van der Waals surface area contributed by atoms with Gasteiger partial charge in [-0.2, -0.15) is 0 Å². The van der Waals surface area contributed by atoms with Crippen LogP contribution in [-0.4, -0.2) is 34.0 Å². The highest BCUT2D eigenvalue weighted by molar-refractivity contribution is 7.99. The fourth-order valence-electron chi connectivity index (χ4n) is 3.08. The van der Waals surface area contributed by atoms with E-state index in [1.54, 1.807) is 19.2 Å². The molecule has 0 bridgehead atoms. The number of benzene rings is 2. The number of hydrogen-bond acceptors (Lipinski definition) is 7. The quantitative estimate of drug-likeness (QED) is 0.352. The number of amides is 1. The predicted molar refractivity (Wildman–Crippen MR) is 129 cm³/mol. The number of para-hydroxylation sites is 1. The van der Waals surface area contributed by atoms with Crippen LogP contribution in [0.2, 0.25) is 0 Å². The number of thioether (sulfide) groups is 1. The highest BCUT2D eigenvalue weighted by Crippen LogP contribution is 2.38. The molecule has 0 radical (unpaired) electrons. The number of nitrogens with zero attached hydrogens (tertiary/aromatic N) is 3. The van der Waals surface area contributed by atoms with Crippen LogP contribution < -0.4 is 10.1 Å². The summed E-state index contributed by atoms with van der Waals surface area (Å²) in [4.78, 5) is 17.7. The van der Waals surface area contributed by atoms with E-state index in [1.807, 2.05) is 43.3 Å². The van der Waals surface area contributed by atoms with Crippen molar-refractivity contribution in [3.8, 4) is 26.9 Å². The molecule has 1 N–H and O–H groups in total. The minimum atomic E-state index is -0.299. The number of carbonyl (C=O) groups excluding carboxylic acids is 1. The molecule has 4 aromatic rings. The van der Waals surface area contributed by atoms with Crippen LogP contribution in [0.15, 0.2) is 65.7 Å². The summed E-state index contributed by atoms with van der Waals surface area (Å²) in [5, 5.41) is 12.9. The number of rotatable bonds is 8. The van der Waals surface area contributed by atoms with E-state index in [9.17, 15) is 9.18 Å². The number of carbonyl (C=O) groups is 1. The first-order valence-corrected chi connectivity index (χ1v) is 11.9. The maximum atomic E-state index is 13.0. The van der Waals surface area contributed by atoms with Crippen molar-refractivity contribution in [2.45, 2.75) is 18.5 Å². The number of hydrogen-bond donors (Lipinski definition) is 1. The molecule has 1 amide bonds. The van der Waals surface area contributed by atoms with Crippen LogP contribution in [0, 0.1) is 12.7 Å². The maximum Gasteiger partial charge on any atom is 0.230 e. The molecule has 0 atom stereocenters. The molecule has 6 nitrogen and oxygen atoms in total. The Balaban J connectivity index is 1.37. The number of nitrogens with one attached hydrogen (secondary N) is 1. The second-order valence-corrected chi connectivity index (χ2v) is 9.08. The Labute approximate surface area is 199 Å². The molecular weight excluding hydrogens is 459 g/mol. The van der Waals surface area contributed by atoms with Crippen molar-refractivity contribution < 1.29 is 13.9 Å². The molecule has 33 heavy (non-hydrogen) atoms. The van der Waals surface area contributed by atoms with Crippen LogP contribution in [-0.2, 0) is 11.3 Å². The monoisotopic (exact) mass is 480 g/mol. The topological polar surface area (TPSA) is 77.0 Å². The molecule has 0 aliphatic carbocycles. The average Bonchev–Trinajstić information content (AvgIpc) is 3.24. The molecular formula is C24H21FN4O2S2. The van der Waals surface area contributed by atoms with E-state index >= 15 is 0 Å². The van der Waals surface area contributed by atoms with E-state index < -0.39 is 0 Å². The fourth-order valence-corrected chi connectivity index (χ4v) is 4.79. The van der Waals surface area contributed by atoms with E-state index in [0.717, 1.165) is 38.1 Å². The zero-order valence-electron chi connectivity index (χ0n) is 18.0. The van der Waals surface area contributed by atoms with E-state index in [0.29, 0.717) is 11.6 Å². The van der Waals surface area contributed by atoms with Gasteiger partial charge in [0.25, 0.3) is 0 Å².